The second-order valence-electron chi connectivity index (χ2n) is 11.4. The van der Waals surface area contributed by atoms with Gasteiger partial charge in [-0.2, -0.15) is 26.3 Å². The molecule has 0 spiro atoms. The van der Waals surface area contributed by atoms with Crippen LogP contribution in [0.25, 0.3) is 0 Å². The Morgan fingerprint density at radius 2 is 1.62 bits per heavy atom. The quantitative estimate of drug-likeness (QED) is 0.0735. The third-order valence-corrected chi connectivity index (χ3v) is 7.71. The van der Waals surface area contributed by atoms with Gasteiger partial charge in [-0.25, -0.2) is 0 Å². The number of carbonyl (C=O) groups is 4. The lowest BCUT2D eigenvalue weighted by atomic mass is 10.1. The number of amides is 2. The third-order valence-electron chi connectivity index (χ3n) is 7.47. The Hall–Kier alpha value is -3.89. The molecule has 10 nitrogen and oxygen atoms in total. The van der Waals surface area contributed by atoms with Crippen LogP contribution < -0.4 is 20.7 Å². The first-order valence-electron chi connectivity index (χ1n) is 15.9. The SMILES string of the molecule is CCCC[C@@H](C)N(CCNCCc1ccc(O)c2c1OCC(=O)N2)C(=O)CCNCCc1cccc(Cl)c1.O=C(C(=O)C(F)(F)F)C(F)(F)F. The molecule has 278 valence electrons. The summed E-state index contributed by atoms with van der Waals surface area (Å²) in [6.45, 7) is 7.70. The number of hydrogen-bond acceptors (Lipinski definition) is 8. The number of aromatic hydroxyl groups is 1. The van der Waals surface area contributed by atoms with Gasteiger partial charge in [0, 0.05) is 37.1 Å². The lowest BCUT2D eigenvalue weighted by Crippen LogP contribution is -2.43. The zero-order valence-corrected chi connectivity index (χ0v) is 28.4. The van der Waals surface area contributed by atoms with E-state index in [0.29, 0.717) is 50.5 Å². The first kappa shape index (κ1) is 42.3. The molecule has 0 aromatic heterocycles. The summed E-state index contributed by atoms with van der Waals surface area (Å²) in [5.41, 5.74) is 2.43. The molecule has 1 heterocycles. The molecule has 1 aliphatic rings. The Bertz CT molecular complexity index is 1430. The number of rotatable bonds is 17. The van der Waals surface area contributed by atoms with Crippen LogP contribution in [0.15, 0.2) is 36.4 Å². The number of anilines is 1. The van der Waals surface area contributed by atoms with Crippen LogP contribution in [0.2, 0.25) is 5.02 Å². The highest BCUT2D eigenvalue weighted by Crippen LogP contribution is 2.39. The van der Waals surface area contributed by atoms with Gasteiger partial charge in [-0.05, 0) is 68.6 Å². The van der Waals surface area contributed by atoms with Crippen LogP contribution in [0.5, 0.6) is 11.5 Å². The number of nitrogens with zero attached hydrogens (tertiary/aromatic N) is 1. The number of hydrogen-bond donors (Lipinski definition) is 4. The molecule has 0 aliphatic carbocycles. The largest absolute Gasteiger partial charge is 0.506 e. The van der Waals surface area contributed by atoms with E-state index < -0.39 is 23.9 Å². The van der Waals surface area contributed by atoms with Crippen molar-refractivity contribution in [2.75, 3.05) is 44.6 Å². The first-order chi connectivity index (χ1) is 23.4. The number of ketones is 2. The number of nitrogens with one attached hydrogen (secondary N) is 3. The van der Waals surface area contributed by atoms with E-state index in [-0.39, 0.29) is 30.2 Å². The molecule has 0 radical (unpaired) electrons. The number of phenols is 1. The molecule has 2 aromatic carbocycles. The number of benzene rings is 2. The summed E-state index contributed by atoms with van der Waals surface area (Å²) in [7, 11) is 0. The van der Waals surface area contributed by atoms with E-state index in [9.17, 15) is 50.6 Å². The molecule has 1 atom stereocenters. The van der Waals surface area contributed by atoms with Gasteiger partial charge in [-0.3, -0.25) is 19.2 Å². The molecule has 1 aliphatic heterocycles. The first-order valence-corrected chi connectivity index (χ1v) is 16.3. The molecule has 0 bridgehead atoms. The second-order valence-corrected chi connectivity index (χ2v) is 11.8. The van der Waals surface area contributed by atoms with E-state index in [1.807, 2.05) is 29.2 Å². The van der Waals surface area contributed by atoms with E-state index in [1.54, 1.807) is 6.07 Å². The van der Waals surface area contributed by atoms with Crippen molar-refractivity contribution in [1.82, 2.24) is 15.5 Å². The number of alkyl halides is 6. The molecular formula is C33H41ClF6N4O6. The van der Waals surface area contributed by atoms with E-state index in [1.165, 1.54) is 5.56 Å². The maximum absolute atomic E-state index is 13.1. The van der Waals surface area contributed by atoms with Crippen LogP contribution in [0.3, 0.4) is 0 Å². The molecule has 4 N–H and O–H groups in total. The lowest BCUT2D eigenvalue weighted by molar-refractivity contribution is -0.193. The summed E-state index contributed by atoms with van der Waals surface area (Å²) in [5.74, 6) is -6.40. The summed E-state index contributed by atoms with van der Waals surface area (Å²) in [6, 6.07) is 11.4. The van der Waals surface area contributed by atoms with Crippen molar-refractivity contribution in [3.63, 3.8) is 0 Å². The van der Waals surface area contributed by atoms with Gasteiger partial charge in [0.25, 0.3) is 5.91 Å². The van der Waals surface area contributed by atoms with Crippen molar-refractivity contribution in [3.8, 4) is 11.5 Å². The number of ether oxygens (including phenoxy) is 1. The minimum Gasteiger partial charge on any atom is -0.506 e. The zero-order valence-electron chi connectivity index (χ0n) is 27.6. The predicted octanol–water partition coefficient (Wildman–Crippen LogP) is 5.39. The molecule has 0 fully saturated rings. The highest BCUT2D eigenvalue weighted by molar-refractivity contribution is 6.41. The Morgan fingerprint density at radius 3 is 2.24 bits per heavy atom. The summed E-state index contributed by atoms with van der Waals surface area (Å²) in [4.78, 5) is 45.9. The minimum absolute atomic E-state index is 0.000988. The molecule has 3 rings (SSSR count). The van der Waals surface area contributed by atoms with Gasteiger partial charge in [0.1, 0.15) is 11.4 Å². The highest BCUT2D eigenvalue weighted by Gasteiger charge is 2.54. The molecule has 0 unspecified atom stereocenters. The van der Waals surface area contributed by atoms with Crippen LogP contribution >= 0.6 is 11.6 Å². The normalized spacial score (nSPS) is 13.3. The molecule has 2 aromatic rings. The molecule has 0 saturated carbocycles. The fraction of sp³-hybridized carbons (Fsp3) is 0.515. The predicted molar refractivity (Wildman–Crippen MR) is 174 cm³/mol. The van der Waals surface area contributed by atoms with Crippen molar-refractivity contribution in [2.45, 2.75) is 70.8 Å². The molecule has 50 heavy (non-hydrogen) atoms. The van der Waals surface area contributed by atoms with Gasteiger partial charge in [0.05, 0.1) is 0 Å². The molecule has 0 saturated heterocycles. The average molecular weight is 739 g/mol. The minimum atomic E-state index is -5.77. The number of phenolic OH excluding ortho intramolecular Hbond substituents is 1. The van der Waals surface area contributed by atoms with Gasteiger partial charge >= 0.3 is 23.9 Å². The van der Waals surface area contributed by atoms with Crippen molar-refractivity contribution >= 4 is 40.7 Å². The van der Waals surface area contributed by atoms with Crippen LogP contribution in [-0.2, 0) is 32.0 Å². The van der Waals surface area contributed by atoms with Gasteiger partial charge in [-0.15, -0.1) is 0 Å². The van der Waals surface area contributed by atoms with Gasteiger partial charge < -0.3 is 30.7 Å². The topological polar surface area (TPSA) is 137 Å². The number of unbranched alkanes of at least 4 members (excludes halogenated alkanes) is 1. The summed E-state index contributed by atoms with van der Waals surface area (Å²) in [5, 5.41) is 20.3. The van der Waals surface area contributed by atoms with Crippen LogP contribution in [0, 0.1) is 0 Å². The van der Waals surface area contributed by atoms with Gasteiger partial charge in [0.15, 0.2) is 12.4 Å². The fourth-order valence-electron chi connectivity index (χ4n) is 4.85. The van der Waals surface area contributed by atoms with E-state index in [0.717, 1.165) is 42.8 Å². The van der Waals surface area contributed by atoms with Crippen molar-refractivity contribution < 1.29 is 55.4 Å². The molecule has 17 heteroatoms. The smallest absolute Gasteiger partial charge is 0.458 e. The van der Waals surface area contributed by atoms with E-state index in [4.69, 9.17) is 16.3 Å². The third kappa shape index (κ3) is 14.2. The standard InChI is InChI=1S/C29H41ClN4O4.C4F6O2/c1-3-4-6-21(2)34(27(37)13-16-31-14-11-22-7-5-8-24(30)19-22)18-17-32-15-12-23-9-10-25(35)28-29(23)38-20-26(36)33-28;5-3(6,7)1(11)2(12)4(8,9)10/h5,7-10,19,21,31-32,35H,3-4,6,11-18,20H2,1-2H3,(H,33,36);/t21-;/m1./s1. The Morgan fingerprint density at radius 1 is 0.980 bits per heavy atom. The zero-order chi connectivity index (χ0) is 37.5. The second kappa shape index (κ2) is 20.1. The average Bonchev–Trinajstić information content (AvgIpc) is 3.04. The van der Waals surface area contributed by atoms with Crippen LogP contribution in [0.1, 0.15) is 50.7 Å². The van der Waals surface area contributed by atoms with Crippen molar-refractivity contribution in [1.29, 1.82) is 0 Å². The number of carbonyl (C=O) groups excluding carboxylic acids is 4. The van der Waals surface area contributed by atoms with Gasteiger partial charge in [0.2, 0.25) is 5.91 Å². The maximum Gasteiger partial charge on any atom is 0.458 e. The van der Waals surface area contributed by atoms with E-state index >= 15 is 0 Å². The van der Waals surface area contributed by atoms with Crippen LogP contribution in [-0.4, -0.2) is 91.1 Å². The Balaban J connectivity index is 0.000000616. The van der Waals surface area contributed by atoms with E-state index in [2.05, 4.69) is 35.9 Å². The van der Waals surface area contributed by atoms with Gasteiger partial charge in [-0.1, -0.05) is 49.6 Å². The summed E-state index contributed by atoms with van der Waals surface area (Å²) in [6.07, 6.45) is -6.33. The summed E-state index contributed by atoms with van der Waals surface area (Å²) < 4.78 is 72.5. The Kier molecular flexibility index (Phi) is 17.0. The number of Topliss-reactive ketones (excluding diaryl/α,β-unsaturated/α-hetero) is 2. The Labute approximate surface area is 290 Å². The molecule has 2 amide bonds. The highest BCUT2D eigenvalue weighted by atomic mass is 35.5. The maximum atomic E-state index is 13.1. The summed E-state index contributed by atoms with van der Waals surface area (Å²) >= 11 is 6.05. The number of halogens is 7. The number of fused-ring (bicyclic) bond motifs is 1. The van der Waals surface area contributed by atoms with Crippen molar-refractivity contribution in [3.05, 3.63) is 52.5 Å². The fourth-order valence-corrected chi connectivity index (χ4v) is 5.06. The van der Waals surface area contributed by atoms with Crippen molar-refractivity contribution in [2.24, 2.45) is 0 Å². The van der Waals surface area contributed by atoms with Crippen LogP contribution in [0.4, 0.5) is 32.0 Å². The molecular weight excluding hydrogens is 698 g/mol. The monoisotopic (exact) mass is 738 g/mol. The lowest BCUT2D eigenvalue weighted by Gasteiger charge is -2.30.